The Labute approximate surface area is 201 Å². The second kappa shape index (κ2) is 8.00. The van der Waals surface area contributed by atoms with Crippen molar-refractivity contribution in [2.75, 3.05) is 44.7 Å². The van der Waals surface area contributed by atoms with Crippen LogP contribution in [0.3, 0.4) is 0 Å². The highest BCUT2D eigenvalue weighted by molar-refractivity contribution is 6.30. The monoisotopic (exact) mass is 477 g/mol. The van der Waals surface area contributed by atoms with Crippen molar-refractivity contribution >= 4 is 17.4 Å². The number of likely N-dealkylation sites (tertiary alicyclic amines) is 2. The number of hydrogen-bond donors (Lipinski definition) is 0. The van der Waals surface area contributed by atoms with Crippen molar-refractivity contribution in [2.45, 2.75) is 88.7 Å². The van der Waals surface area contributed by atoms with E-state index >= 15 is 0 Å². The van der Waals surface area contributed by atoms with Gasteiger partial charge in [-0.1, -0.05) is 11.6 Å². The molecule has 6 heterocycles. The van der Waals surface area contributed by atoms with Gasteiger partial charge in [-0.2, -0.15) is 0 Å². The highest BCUT2D eigenvalue weighted by Crippen LogP contribution is 2.45. The molecule has 0 N–H and O–H groups in total. The van der Waals surface area contributed by atoms with Crippen LogP contribution in [0.1, 0.15) is 50.9 Å². The van der Waals surface area contributed by atoms with Crippen LogP contribution in [-0.2, 0) is 20.6 Å². The van der Waals surface area contributed by atoms with E-state index in [-0.39, 0.29) is 24.5 Å². The zero-order valence-corrected chi connectivity index (χ0v) is 21.0. The predicted octanol–water partition coefficient (Wildman–Crippen LogP) is 2.61. The molecule has 0 radical (unpaired) electrons. The fourth-order valence-corrected chi connectivity index (χ4v) is 7.04. The van der Waals surface area contributed by atoms with Crippen molar-refractivity contribution in [3.05, 3.63) is 16.5 Å². The Morgan fingerprint density at radius 3 is 2.58 bits per heavy atom. The molecule has 0 bridgehead atoms. The van der Waals surface area contributed by atoms with Crippen LogP contribution >= 0.6 is 11.6 Å². The smallest absolute Gasteiger partial charge is 0.164 e. The molecule has 1 aromatic heterocycles. The van der Waals surface area contributed by atoms with Gasteiger partial charge in [-0.05, 0) is 79.6 Å². The molecule has 0 aromatic carbocycles. The summed E-state index contributed by atoms with van der Waals surface area (Å²) in [5.41, 5.74) is 1.32. The lowest BCUT2D eigenvalue weighted by Gasteiger charge is -2.45. The number of hydrogen-bond acceptors (Lipinski definition) is 8. The Balaban J connectivity index is 1.26. The molecule has 4 atom stereocenters. The van der Waals surface area contributed by atoms with Crippen LogP contribution < -0.4 is 4.90 Å². The molecule has 33 heavy (non-hydrogen) atoms. The lowest BCUT2D eigenvalue weighted by atomic mass is 9.85. The SMILES string of the molecule is Cc1nc(Cl)c2c(n1)N([C@@H]1O[C@H](CN3CCCC34CCN(C)CC4)[C@H]3OC(C)(C)O[C@H]31)CC2. The van der Waals surface area contributed by atoms with Gasteiger partial charge in [0.05, 0.1) is 0 Å². The number of halogens is 1. The van der Waals surface area contributed by atoms with Crippen LogP contribution in [0.4, 0.5) is 5.82 Å². The van der Waals surface area contributed by atoms with Gasteiger partial charge in [-0.25, -0.2) is 9.97 Å². The zero-order valence-electron chi connectivity index (χ0n) is 20.2. The quantitative estimate of drug-likeness (QED) is 0.616. The Bertz CT molecular complexity index is 922. The number of nitrogens with zero attached hydrogens (tertiary/aromatic N) is 5. The average Bonchev–Trinajstić information content (AvgIpc) is 3.48. The number of ether oxygens (including phenoxy) is 3. The second-order valence-corrected chi connectivity index (χ2v) is 11.4. The molecule has 8 nitrogen and oxygen atoms in total. The van der Waals surface area contributed by atoms with Crippen LogP contribution in [0.15, 0.2) is 0 Å². The van der Waals surface area contributed by atoms with Crippen molar-refractivity contribution in [3.8, 4) is 0 Å². The normalized spacial score (nSPS) is 35.5. The molecular weight excluding hydrogens is 442 g/mol. The Morgan fingerprint density at radius 2 is 1.79 bits per heavy atom. The minimum absolute atomic E-state index is 0.0288. The summed E-state index contributed by atoms with van der Waals surface area (Å²) < 4.78 is 19.7. The van der Waals surface area contributed by atoms with E-state index in [0.29, 0.717) is 16.5 Å². The topological polar surface area (TPSA) is 63.2 Å². The average molecular weight is 478 g/mol. The fraction of sp³-hybridized carbons (Fsp3) is 0.833. The first-order valence-electron chi connectivity index (χ1n) is 12.5. The lowest BCUT2D eigenvalue weighted by Crippen LogP contribution is -2.54. The minimum Gasteiger partial charge on any atom is -0.348 e. The van der Waals surface area contributed by atoms with Gasteiger partial charge in [0, 0.05) is 24.2 Å². The summed E-state index contributed by atoms with van der Waals surface area (Å²) in [5.74, 6) is 0.952. The molecule has 182 valence electrons. The summed E-state index contributed by atoms with van der Waals surface area (Å²) in [6.45, 7) is 11.1. The van der Waals surface area contributed by atoms with Crippen LogP contribution in [0.25, 0.3) is 0 Å². The molecule has 0 amide bonds. The highest BCUT2D eigenvalue weighted by atomic mass is 35.5. The molecule has 5 aliphatic rings. The van der Waals surface area contributed by atoms with Gasteiger partial charge in [0.2, 0.25) is 0 Å². The summed E-state index contributed by atoms with van der Waals surface area (Å²) >= 11 is 6.45. The maximum atomic E-state index is 6.78. The second-order valence-electron chi connectivity index (χ2n) is 11.0. The van der Waals surface area contributed by atoms with E-state index in [1.165, 1.54) is 38.8 Å². The zero-order chi connectivity index (χ0) is 23.0. The Hall–Kier alpha value is -1.03. The maximum Gasteiger partial charge on any atom is 0.164 e. The van der Waals surface area contributed by atoms with Crippen molar-refractivity contribution in [3.63, 3.8) is 0 Å². The molecule has 4 saturated heterocycles. The van der Waals surface area contributed by atoms with Crippen molar-refractivity contribution in [2.24, 2.45) is 0 Å². The van der Waals surface area contributed by atoms with Gasteiger partial charge in [0.25, 0.3) is 0 Å². The number of aromatic nitrogens is 2. The fourth-order valence-electron chi connectivity index (χ4n) is 6.74. The van der Waals surface area contributed by atoms with Crippen LogP contribution in [-0.4, -0.2) is 95.4 Å². The first-order chi connectivity index (χ1) is 15.7. The van der Waals surface area contributed by atoms with Crippen molar-refractivity contribution in [1.29, 1.82) is 0 Å². The van der Waals surface area contributed by atoms with E-state index in [2.05, 4.69) is 26.7 Å². The van der Waals surface area contributed by atoms with E-state index in [1.54, 1.807) is 0 Å². The summed E-state index contributed by atoms with van der Waals surface area (Å²) in [5, 5.41) is 0.552. The van der Waals surface area contributed by atoms with E-state index < -0.39 is 5.79 Å². The molecule has 0 aliphatic carbocycles. The molecule has 1 spiro atoms. The Morgan fingerprint density at radius 1 is 1.03 bits per heavy atom. The molecule has 4 fully saturated rings. The third-order valence-corrected chi connectivity index (χ3v) is 8.73. The number of fused-ring (bicyclic) bond motifs is 2. The summed E-state index contributed by atoms with van der Waals surface area (Å²) in [6.07, 6.45) is 5.37. The first-order valence-corrected chi connectivity index (χ1v) is 12.9. The van der Waals surface area contributed by atoms with Gasteiger partial charge in [0.15, 0.2) is 12.0 Å². The van der Waals surface area contributed by atoms with E-state index in [4.69, 9.17) is 30.8 Å². The largest absolute Gasteiger partial charge is 0.348 e. The number of rotatable bonds is 3. The summed E-state index contributed by atoms with van der Waals surface area (Å²) in [4.78, 5) is 16.5. The number of piperidine rings is 1. The first kappa shape index (κ1) is 22.4. The molecule has 6 rings (SSSR count). The van der Waals surface area contributed by atoms with E-state index in [9.17, 15) is 0 Å². The predicted molar refractivity (Wildman–Crippen MR) is 126 cm³/mol. The number of anilines is 1. The minimum atomic E-state index is -0.617. The third kappa shape index (κ3) is 3.78. The lowest BCUT2D eigenvalue weighted by molar-refractivity contribution is -0.189. The Kier molecular flexibility index (Phi) is 5.44. The van der Waals surface area contributed by atoms with Gasteiger partial charge < -0.3 is 24.0 Å². The van der Waals surface area contributed by atoms with Crippen LogP contribution in [0.5, 0.6) is 0 Å². The van der Waals surface area contributed by atoms with E-state index in [0.717, 1.165) is 37.4 Å². The maximum absolute atomic E-state index is 6.78. The molecule has 1 aromatic rings. The van der Waals surface area contributed by atoms with Gasteiger partial charge in [0.1, 0.15) is 35.1 Å². The highest BCUT2D eigenvalue weighted by Gasteiger charge is 2.58. The molecular formula is C24H36ClN5O3. The van der Waals surface area contributed by atoms with E-state index in [1.807, 2.05) is 20.8 Å². The van der Waals surface area contributed by atoms with Crippen LogP contribution in [0.2, 0.25) is 5.15 Å². The van der Waals surface area contributed by atoms with Gasteiger partial charge in [-0.3, -0.25) is 4.90 Å². The molecule has 0 saturated carbocycles. The van der Waals surface area contributed by atoms with Gasteiger partial charge >= 0.3 is 0 Å². The third-order valence-electron chi connectivity index (χ3n) is 8.41. The molecule has 5 aliphatic heterocycles. The molecule has 0 unspecified atom stereocenters. The standard InChI is InChI=1S/C24H36ClN5O3/c1-15-26-20(25)16-6-11-30(21(16)27-15)22-19-18(32-23(2,3)33-19)17(31-22)14-29-10-5-7-24(29)8-12-28(4)13-9-24/h17-19,22H,5-14H2,1-4H3/t17-,18-,19-,22-/m1/s1. The number of aryl methyl sites for hydroxylation is 1. The van der Waals surface area contributed by atoms with Crippen molar-refractivity contribution in [1.82, 2.24) is 19.8 Å². The summed E-state index contributed by atoms with van der Waals surface area (Å²) in [7, 11) is 2.23. The van der Waals surface area contributed by atoms with Gasteiger partial charge in [-0.15, -0.1) is 0 Å². The molecule has 9 heteroatoms. The van der Waals surface area contributed by atoms with Crippen molar-refractivity contribution < 1.29 is 14.2 Å². The van der Waals surface area contributed by atoms with Crippen LogP contribution in [0, 0.1) is 6.92 Å². The summed E-state index contributed by atoms with van der Waals surface area (Å²) in [6, 6.07) is 0.